The number of halogens is 1. The minimum absolute atomic E-state index is 0.158. The second-order valence-corrected chi connectivity index (χ2v) is 4.89. The van der Waals surface area contributed by atoms with Crippen LogP contribution in [-0.4, -0.2) is 38.8 Å². The highest BCUT2D eigenvalue weighted by atomic mass is 32.1. The lowest BCUT2D eigenvalue weighted by Crippen LogP contribution is -3.06. The Balaban J connectivity index is 2.18. The van der Waals surface area contributed by atoms with Gasteiger partial charge in [-0.2, -0.15) is 0 Å². The molecule has 0 bridgehead atoms. The molecule has 0 amide bonds. The van der Waals surface area contributed by atoms with Crippen molar-refractivity contribution >= 4 is 17.3 Å². The Kier molecular flexibility index (Phi) is 6.60. The van der Waals surface area contributed by atoms with Crippen LogP contribution in [0.15, 0.2) is 24.3 Å². The third-order valence-corrected chi connectivity index (χ3v) is 2.84. The lowest BCUT2D eigenvalue weighted by Gasteiger charge is -2.12. The molecule has 0 saturated heterocycles. The number of likely N-dealkylation sites (N-methyl/N-ethyl adjacent to an activating group) is 1. The van der Waals surface area contributed by atoms with E-state index in [0.29, 0.717) is 23.6 Å². The van der Waals surface area contributed by atoms with Gasteiger partial charge in [0, 0.05) is 6.54 Å². The number of benzene rings is 1. The molecule has 3 nitrogen and oxygen atoms in total. The van der Waals surface area contributed by atoms with E-state index in [1.54, 1.807) is 12.1 Å². The summed E-state index contributed by atoms with van der Waals surface area (Å²) in [4.78, 5) is 1.37. The van der Waals surface area contributed by atoms with Crippen LogP contribution < -0.4 is 15.5 Å². The number of hydrogen-bond donors (Lipinski definition) is 3. The maximum atomic E-state index is 13.3. The summed E-state index contributed by atoms with van der Waals surface area (Å²) in [5, 5.41) is 6.83. The number of hydrogen-bond acceptors (Lipinski definition) is 1. The van der Waals surface area contributed by atoms with Crippen LogP contribution >= 0.6 is 12.2 Å². The first kappa shape index (κ1) is 14.9. The van der Waals surface area contributed by atoms with Gasteiger partial charge in [0.2, 0.25) is 0 Å². The van der Waals surface area contributed by atoms with E-state index in [9.17, 15) is 4.39 Å². The number of quaternary nitrogens is 1. The molecule has 0 spiro atoms. The molecule has 3 N–H and O–H groups in total. The fraction of sp³-hybridized carbons (Fsp3) is 0.462. The van der Waals surface area contributed by atoms with Crippen LogP contribution in [0.5, 0.6) is 0 Å². The summed E-state index contributed by atoms with van der Waals surface area (Å²) in [5.74, 6) is -0.158. The molecule has 0 aliphatic carbocycles. The van der Waals surface area contributed by atoms with E-state index in [0.717, 1.165) is 13.1 Å². The van der Waals surface area contributed by atoms with E-state index in [1.165, 1.54) is 11.0 Å². The highest BCUT2D eigenvalue weighted by Crippen LogP contribution is 2.05. The molecule has 0 unspecified atom stereocenters. The molecule has 5 heteroatoms. The van der Waals surface area contributed by atoms with Gasteiger partial charge in [-0.05, 0) is 30.3 Å². The predicted octanol–water partition coefficient (Wildman–Crippen LogP) is -0.0232. The van der Waals surface area contributed by atoms with Crippen molar-refractivity contribution in [3.05, 3.63) is 35.6 Å². The Labute approximate surface area is 113 Å². The van der Waals surface area contributed by atoms with Gasteiger partial charge in [-0.3, -0.25) is 0 Å². The molecule has 1 rings (SSSR count). The van der Waals surface area contributed by atoms with Crippen molar-refractivity contribution < 1.29 is 9.29 Å². The summed E-state index contributed by atoms with van der Waals surface area (Å²) in [7, 11) is 4.19. The van der Waals surface area contributed by atoms with Crippen LogP contribution in [0.25, 0.3) is 0 Å². The minimum Gasteiger partial charge on any atom is -0.362 e. The summed E-state index contributed by atoms with van der Waals surface area (Å²) in [6, 6.07) is 6.81. The predicted molar refractivity (Wildman–Crippen MR) is 76.4 cm³/mol. The molecule has 1 aromatic rings. The quantitative estimate of drug-likeness (QED) is 0.634. The maximum absolute atomic E-state index is 13.3. The molecule has 0 fully saturated rings. The number of nitrogens with one attached hydrogen (secondary N) is 3. The fourth-order valence-electron chi connectivity index (χ4n) is 1.50. The van der Waals surface area contributed by atoms with Crippen LogP contribution in [-0.2, 0) is 6.42 Å². The van der Waals surface area contributed by atoms with Gasteiger partial charge in [0.1, 0.15) is 5.82 Å². The molecule has 0 radical (unpaired) electrons. The van der Waals surface area contributed by atoms with Gasteiger partial charge in [-0.1, -0.05) is 18.2 Å². The highest BCUT2D eigenvalue weighted by Gasteiger charge is 2.01. The molecule has 1 aromatic carbocycles. The Morgan fingerprint density at radius 1 is 1.22 bits per heavy atom. The summed E-state index contributed by atoms with van der Waals surface area (Å²) in [5.41, 5.74) is 0.713. The summed E-state index contributed by atoms with van der Waals surface area (Å²) < 4.78 is 13.3. The van der Waals surface area contributed by atoms with Crippen LogP contribution in [0.2, 0.25) is 0 Å². The van der Waals surface area contributed by atoms with Crippen LogP contribution in [0.4, 0.5) is 4.39 Å². The summed E-state index contributed by atoms with van der Waals surface area (Å²) in [6.07, 6.45) is 0.632. The molecular weight excluding hydrogens is 249 g/mol. The average molecular weight is 270 g/mol. The third kappa shape index (κ3) is 5.93. The third-order valence-electron chi connectivity index (χ3n) is 2.55. The molecule has 0 aromatic heterocycles. The zero-order valence-corrected chi connectivity index (χ0v) is 11.7. The van der Waals surface area contributed by atoms with Gasteiger partial charge in [0.25, 0.3) is 0 Å². The molecule has 0 saturated carbocycles. The number of thiocarbonyl (C=S) groups is 1. The second kappa shape index (κ2) is 8.00. The van der Waals surface area contributed by atoms with Gasteiger partial charge in [-0.15, -0.1) is 0 Å². The second-order valence-electron chi connectivity index (χ2n) is 4.48. The first-order valence-corrected chi connectivity index (χ1v) is 6.54. The first-order chi connectivity index (χ1) is 8.59. The Morgan fingerprint density at radius 3 is 2.56 bits per heavy atom. The van der Waals surface area contributed by atoms with Crippen LogP contribution in [0.3, 0.4) is 0 Å². The fourth-order valence-corrected chi connectivity index (χ4v) is 1.70. The van der Waals surface area contributed by atoms with Crippen LogP contribution in [0, 0.1) is 5.82 Å². The Morgan fingerprint density at radius 2 is 1.89 bits per heavy atom. The van der Waals surface area contributed by atoms with Crippen molar-refractivity contribution in [2.24, 2.45) is 0 Å². The van der Waals surface area contributed by atoms with E-state index in [1.807, 2.05) is 6.07 Å². The smallest absolute Gasteiger partial charge is 0.166 e. The van der Waals surface area contributed by atoms with E-state index in [-0.39, 0.29) is 5.82 Å². The number of rotatable bonds is 6. The van der Waals surface area contributed by atoms with Crippen LogP contribution in [0.1, 0.15) is 5.56 Å². The Hall–Kier alpha value is -1.20. The minimum atomic E-state index is -0.158. The van der Waals surface area contributed by atoms with Crippen molar-refractivity contribution in [3.63, 3.8) is 0 Å². The molecular formula is C13H21FN3S+. The zero-order valence-electron chi connectivity index (χ0n) is 10.9. The first-order valence-electron chi connectivity index (χ1n) is 6.13. The van der Waals surface area contributed by atoms with E-state index < -0.39 is 0 Å². The van der Waals surface area contributed by atoms with Gasteiger partial charge in [-0.25, -0.2) is 4.39 Å². The Bertz CT molecular complexity index is 382. The van der Waals surface area contributed by atoms with Crippen molar-refractivity contribution in [3.8, 4) is 0 Å². The van der Waals surface area contributed by atoms with Gasteiger partial charge in [0.05, 0.1) is 27.2 Å². The monoisotopic (exact) mass is 270 g/mol. The molecule has 0 aliphatic rings. The van der Waals surface area contributed by atoms with Crippen molar-refractivity contribution in [2.45, 2.75) is 6.42 Å². The van der Waals surface area contributed by atoms with Crippen molar-refractivity contribution in [1.29, 1.82) is 0 Å². The summed E-state index contributed by atoms with van der Waals surface area (Å²) in [6.45, 7) is 2.49. The molecule has 0 atom stereocenters. The average Bonchev–Trinajstić information content (AvgIpc) is 2.31. The van der Waals surface area contributed by atoms with E-state index in [2.05, 4.69) is 24.7 Å². The normalized spacial score (nSPS) is 10.4. The topological polar surface area (TPSA) is 28.5 Å². The van der Waals surface area contributed by atoms with E-state index >= 15 is 0 Å². The van der Waals surface area contributed by atoms with E-state index in [4.69, 9.17) is 12.2 Å². The van der Waals surface area contributed by atoms with Gasteiger partial charge in [0.15, 0.2) is 5.11 Å². The largest absolute Gasteiger partial charge is 0.362 e. The van der Waals surface area contributed by atoms with Crippen molar-refractivity contribution in [2.75, 3.05) is 33.7 Å². The SMILES string of the molecule is C[NH+](C)CCNC(=S)NCCc1ccccc1F. The molecule has 18 heavy (non-hydrogen) atoms. The molecule has 0 aliphatic heterocycles. The summed E-state index contributed by atoms with van der Waals surface area (Å²) >= 11 is 5.13. The zero-order chi connectivity index (χ0) is 13.4. The highest BCUT2D eigenvalue weighted by molar-refractivity contribution is 7.80. The molecule has 0 heterocycles. The molecule has 100 valence electrons. The maximum Gasteiger partial charge on any atom is 0.166 e. The standard InChI is InChI=1S/C13H20FN3S/c1-17(2)10-9-16-13(18)15-8-7-11-5-3-4-6-12(11)14/h3-6H,7-10H2,1-2H3,(H2,15,16,18)/p+1. The van der Waals surface area contributed by atoms with Crippen molar-refractivity contribution in [1.82, 2.24) is 10.6 Å². The van der Waals surface area contributed by atoms with Gasteiger partial charge >= 0.3 is 0 Å². The lowest BCUT2D eigenvalue weighted by atomic mass is 10.1. The lowest BCUT2D eigenvalue weighted by molar-refractivity contribution is -0.856. The van der Waals surface area contributed by atoms with Gasteiger partial charge < -0.3 is 15.5 Å².